The lowest BCUT2D eigenvalue weighted by molar-refractivity contribution is -0.163. The molecule has 0 aliphatic carbocycles. The molecule has 0 spiro atoms. The minimum absolute atomic E-state index is 0.0574. The minimum atomic E-state index is -1.05. The Morgan fingerprint density at radius 3 is 3.00 bits per heavy atom. The van der Waals surface area contributed by atoms with E-state index in [9.17, 15) is 9.90 Å². The van der Waals surface area contributed by atoms with Crippen LogP contribution >= 0.6 is 0 Å². The zero-order valence-corrected chi connectivity index (χ0v) is 8.89. The van der Waals surface area contributed by atoms with E-state index in [1.807, 2.05) is 0 Å². The minimum Gasteiger partial charge on any atom is -0.366 e. The Hall–Kier alpha value is -1.17. The highest BCUT2D eigenvalue weighted by Crippen LogP contribution is 2.37. The monoisotopic (exact) mass is 221 g/mol. The normalized spacial score (nSPS) is 45.3. The average molecular weight is 221 g/mol. The molecule has 0 aromatic heterocycles. The lowest BCUT2D eigenvalue weighted by Crippen LogP contribution is -2.76. The first-order chi connectivity index (χ1) is 7.73. The van der Waals surface area contributed by atoms with Crippen molar-refractivity contribution in [1.82, 2.24) is 15.8 Å². The molecule has 3 aliphatic rings. The average Bonchev–Trinajstić information content (AvgIpc) is 2.30. The van der Waals surface area contributed by atoms with Crippen molar-refractivity contribution in [2.45, 2.75) is 18.2 Å². The first-order valence-electron chi connectivity index (χ1n) is 5.58. The van der Waals surface area contributed by atoms with Crippen LogP contribution in [-0.2, 0) is 4.79 Å². The van der Waals surface area contributed by atoms with Gasteiger partial charge in [0.05, 0.1) is 6.04 Å². The third kappa shape index (κ3) is 1.32. The summed E-state index contributed by atoms with van der Waals surface area (Å²) in [6.45, 7) is 1.98. The number of carbonyl (C=O) groups excluding carboxylic acids is 1. The molecule has 3 N–H and O–H groups in total. The Bertz CT molecular complexity index is 365. The maximum absolute atomic E-state index is 10.6. The highest BCUT2D eigenvalue weighted by molar-refractivity contribution is 5.77. The summed E-state index contributed by atoms with van der Waals surface area (Å²) in [5.41, 5.74) is 2.76. The standard InChI is InChI=1S/C11H15N3O2/c15-7-8-1-3-11(16,12-5-8)10-9-2-4-13-14(10)6-9/h1,3,5,7,9-10,12-13,16H,2,4,6H2. The molecule has 4 atom stereocenters. The summed E-state index contributed by atoms with van der Waals surface area (Å²) in [5.74, 6) is 0.523. The van der Waals surface area contributed by atoms with Crippen LogP contribution in [0.2, 0.25) is 0 Å². The molecule has 5 nitrogen and oxygen atoms in total. The van der Waals surface area contributed by atoms with Crippen molar-refractivity contribution in [3.05, 3.63) is 23.9 Å². The Morgan fingerprint density at radius 2 is 2.50 bits per heavy atom. The van der Waals surface area contributed by atoms with Crippen molar-refractivity contribution in [3.63, 3.8) is 0 Å². The number of allylic oxidation sites excluding steroid dienone is 2. The number of hydrogen-bond acceptors (Lipinski definition) is 5. The second kappa shape index (κ2) is 3.41. The maximum Gasteiger partial charge on any atom is 0.172 e. The van der Waals surface area contributed by atoms with Crippen molar-refractivity contribution < 1.29 is 9.90 Å². The SMILES string of the molecule is O=CC1=CNC(O)(C2C3CCNN2C3)C=C1. The van der Waals surface area contributed by atoms with Crippen LogP contribution in [0.1, 0.15) is 6.42 Å². The quantitative estimate of drug-likeness (QED) is 0.529. The lowest BCUT2D eigenvalue weighted by Gasteiger charge is -2.57. The zero-order valence-electron chi connectivity index (χ0n) is 8.89. The van der Waals surface area contributed by atoms with E-state index in [-0.39, 0.29) is 6.04 Å². The summed E-state index contributed by atoms with van der Waals surface area (Å²) in [6, 6.07) is 0.0574. The summed E-state index contributed by atoms with van der Waals surface area (Å²) in [4.78, 5) is 10.6. The van der Waals surface area contributed by atoms with Gasteiger partial charge in [0, 0.05) is 24.9 Å². The Morgan fingerprint density at radius 1 is 1.62 bits per heavy atom. The highest BCUT2D eigenvalue weighted by Gasteiger charge is 2.52. The Labute approximate surface area is 93.8 Å². The summed E-state index contributed by atoms with van der Waals surface area (Å²) in [6.07, 6.45) is 6.76. The van der Waals surface area contributed by atoms with Crippen LogP contribution in [0, 0.1) is 5.92 Å². The molecule has 0 aromatic carbocycles. The lowest BCUT2D eigenvalue weighted by atomic mass is 9.78. The van der Waals surface area contributed by atoms with Gasteiger partial charge in [-0.05, 0) is 24.5 Å². The van der Waals surface area contributed by atoms with Crippen molar-refractivity contribution in [2.24, 2.45) is 5.92 Å². The van der Waals surface area contributed by atoms with E-state index < -0.39 is 5.72 Å². The highest BCUT2D eigenvalue weighted by atomic mass is 16.3. The summed E-state index contributed by atoms with van der Waals surface area (Å²) < 4.78 is 0. The van der Waals surface area contributed by atoms with Gasteiger partial charge in [-0.1, -0.05) is 0 Å². The molecule has 3 aliphatic heterocycles. The van der Waals surface area contributed by atoms with E-state index in [2.05, 4.69) is 15.8 Å². The van der Waals surface area contributed by atoms with E-state index in [0.29, 0.717) is 11.5 Å². The molecule has 4 unspecified atom stereocenters. The fourth-order valence-electron chi connectivity index (χ4n) is 2.76. The van der Waals surface area contributed by atoms with Crippen molar-refractivity contribution >= 4 is 6.29 Å². The van der Waals surface area contributed by atoms with E-state index in [1.54, 1.807) is 18.4 Å². The predicted octanol–water partition coefficient (Wildman–Crippen LogP) is -0.874. The largest absolute Gasteiger partial charge is 0.366 e. The summed E-state index contributed by atoms with van der Waals surface area (Å²) in [7, 11) is 0. The molecule has 2 fully saturated rings. The van der Waals surface area contributed by atoms with Crippen LogP contribution in [0.3, 0.4) is 0 Å². The van der Waals surface area contributed by atoms with Gasteiger partial charge in [-0.3, -0.25) is 10.2 Å². The van der Waals surface area contributed by atoms with E-state index in [4.69, 9.17) is 0 Å². The van der Waals surface area contributed by atoms with Gasteiger partial charge in [0.1, 0.15) is 0 Å². The smallest absolute Gasteiger partial charge is 0.172 e. The van der Waals surface area contributed by atoms with Crippen molar-refractivity contribution in [1.29, 1.82) is 0 Å². The predicted molar refractivity (Wildman–Crippen MR) is 58.0 cm³/mol. The Kier molecular flexibility index (Phi) is 2.14. The van der Waals surface area contributed by atoms with Crippen LogP contribution < -0.4 is 10.7 Å². The van der Waals surface area contributed by atoms with E-state index in [1.165, 1.54) is 0 Å². The topological polar surface area (TPSA) is 64.6 Å². The summed E-state index contributed by atoms with van der Waals surface area (Å²) in [5, 5.41) is 15.5. The number of fused-ring (bicyclic) bond motifs is 2. The summed E-state index contributed by atoms with van der Waals surface area (Å²) >= 11 is 0. The first-order valence-corrected chi connectivity index (χ1v) is 5.58. The van der Waals surface area contributed by atoms with Gasteiger partial charge in [-0.15, -0.1) is 0 Å². The molecule has 5 heteroatoms. The number of hydrazine groups is 1. The fourth-order valence-corrected chi connectivity index (χ4v) is 2.76. The number of hydrogen-bond donors (Lipinski definition) is 3. The van der Waals surface area contributed by atoms with Gasteiger partial charge in [0.2, 0.25) is 0 Å². The molecule has 3 rings (SSSR count). The molecular formula is C11H15N3O2. The molecule has 0 amide bonds. The number of nitrogens with zero attached hydrogens (tertiary/aromatic N) is 1. The fraction of sp³-hybridized carbons (Fsp3) is 0.545. The molecule has 2 saturated heterocycles. The van der Waals surface area contributed by atoms with Crippen molar-refractivity contribution in [3.8, 4) is 0 Å². The number of carbonyl (C=O) groups is 1. The van der Waals surface area contributed by atoms with Crippen LogP contribution in [0.25, 0.3) is 0 Å². The third-order valence-electron chi connectivity index (χ3n) is 3.63. The van der Waals surface area contributed by atoms with Gasteiger partial charge >= 0.3 is 0 Å². The van der Waals surface area contributed by atoms with Crippen LogP contribution in [-0.4, -0.2) is 41.3 Å². The molecule has 0 saturated carbocycles. The maximum atomic E-state index is 10.6. The number of aldehydes is 1. The number of rotatable bonds is 2. The number of dihydropyridines is 1. The second-order valence-corrected chi connectivity index (χ2v) is 4.62. The van der Waals surface area contributed by atoms with Crippen LogP contribution in [0.5, 0.6) is 0 Å². The van der Waals surface area contributed by atoms with Crippen LogP contribution in [0.15, 0.2) is 23.9 Å². The van der Waals surface area contributed by atoms with Gasteiger partial charge in [0.25, 0.3) is 0 Å². The second-order valence-electron chi connectivity index (χ2n) is 4.62. The third-order valence-corrected chi connectivity index (χ3v) is 3.63. The molecule has 2 bridgehead atoms. The zero-order chi connectivity index (χ0) is 11.2. The van der Waals surface area contributed by atoms with E-state index >= 15 is 0 Å². The van der Waals surface area contributed by atoms with Gasteiger partial charge in [0.15, 0.2) is 12.0 Å². The van der Waals surface area contributed by atoms with Crippen LogP contribution in [0.4, 0.5) is 0 Å². The van der Waals surface area contributed by atoms with Crippen molar-refractivity contribution in [2.75, 3.05) is 13.1 Å². The first kappa shape index (κ1) is 10.0. The molecule has 0 aromatic rings. The number of nitrogens with one attached hydrogen (secondary N) is 2. The van der Waals surface area contributed by atoms with E-state index in [0.717, 1.165) is 25.8 Å². The molecule has 3 heterocycles. The van der Waals surface area contributed by atoms with Gasteiger partial charge in [-0.2, -0.15) is 0 Å². The Balaban J connectivity index is 1.78. The molecule has 0 radical (unpaired) electrons. The number of aliphatic hydroxyl groups is 1. The molecular weight excluding hydrogens is 206 g/mol. The molecule has 86 valence electrons. The molecule has 16 heavy (non-hydrogen) atoms. The van der Waals surface area contributed by atoms with Gasteiger partial charge in [-0.25, -0.2) is 5.01 Å². The van der Waals surface area contributed by atoms with Gasteiger partial charge < -0.3 is 10.4 Å².